The van der Waals surface area contributed by atoms with Gasteiger partial charge in [0, 0.05) is 0 Å². The summed E-state index contributed by atoms with van der Waals surface area (Å²) in [5.74, 6) is 3.87. The fraction of sp³-hybridized carbons (Fsp3) is 0.556. The van der Waals surface area contributed by atoms with E-state index in [0.717, 1.165) is 16.0 Å². The fourth-order valence-corrected chi connectivity index (χ4v) is 3.37. The van der Waals surface area contributed by atoms with Crippen LogP contribution in [-0.2, 0) is 0 Å². The van der Waals surface area contributed by atoms with Crippen molar-refractivity contribution in [3.05, 3.63) is 22.6 Å². The normalized spacial score (nSPS) is 24.9. The van der Waals surface area contributed by atoms with Gasteiger partial charge in [0.05, 0.1) is 16.8 Å². The maximum atomic E-state index is 6.11. The number of rotatable bonds is 2. The number of hydrogen-bond donors (Lipinski definition) is 1. The molecule has 0 spiro atoms. The van der Waals surface area contributed by atoms with E-state index in [2.05, 4.69) is 15.9 Å². The first-order valence-electron chi connectivity index (χ1n) is 4.35. The van der Waals surface area contributed by atoms with Crippen molar-refractivity contribution >= 4 is 27.7 Å². The van der Waals surface area contributed by atoms with E-state index in [-0.39, 0.29) is 6.04 Å². The van der Waals surface area contributed by atoms with Crippen molar-refractivity contribution in [2.24, 2.45) is 11.7 Å². The summed E-state index contributed by atoms with van der Waals surface area (Å²) >= 11 is 5.41. The van der Waals surface area contributed by atoms with E-state index in [1.165, 1.54) is 12.2 Å². The summed E-state index contributed by atoms with van der Waals surface area (Å²) < 4.78 is 6.35. The lowest BCUT2D eigenvalue weighted by Gasteiger charge is -2.15. The summed E-state index contributed by atoms with van der Waals surface area (Å²) in [5.41, 5.74) is 6.11. The van der Waals surface area contributed by atoms with Crippen molar-refractivity contribution in [1.29, 1.82) is 0 Å². The number of thioether (sulfide) groups is 1. The van der Waals surface area contributed by atoms with Crippen molar-refractivity contribution in [1.82, 2.24) is 0 Å². The molecule has 2 N–H and O–H groups in total. The van der Waals surface area contributed by atoms with Gasteiger partial charge in [0.2, 0.25) is 0 Å². The molecule has 2 rings (SSSR count). The zero-order valence-electron chi connectivity index (χ0n) is 7.20. The number of halogens is 1. The van der Waals surface area contributed by atoms with Gasteiger partial charge in [0.25, 0.3) is 0 Å². The lowest BCUT2D eigenvalue weighted by Crippen LogP contribution is -2.20. The summed E-state index contributed by atoms with van der Waals surface area (Å²) in [6.45, 7) is 0. The Hall–Kier alpha value is 0.0700. The Kier molecular flexibility index (Phi) is 3.01. The van der Waals surface area contributed by atoms with E-state index < -0.39 is 0 Å². The quantitative estimate of drug-likeness (QED) is 0.890. The lowest BCUT2D eigenvalue weighted by molar-refractivity contribution is 0.387. The molecule has 1 aromatic heterocycles. The highest BCUT2D eigenvalue weighted by atomic mass is 79.9. The van der Waals surface area contributed by atoms with Gasteiger partial charge in [-0.1, -0.05) is 0 Å². The van der Waals surface area contributed by atoms with E-state index >= 15 is 0 Å². The number of hydrogen-bond acceptors (Lipinski definition) is 3. The second kappa shape index (κ2) is 4.07. The van der Waals surface area contributed by atoms with Gasteiger partial charge in [-0.15, -0.1) is 0 Å². The van der Waals surface area contributed by atoms with Crippen molar-refractivity contribution < 1.29 is 4.42 Å². The van der Waals surface area contributed by atoms with Crippen molar-refractivity contribution in [2.45, 2.75) is 12.5 Å². The van der Waals surface area contributed by atoms with Crippen LogP contribution in [0.5, 0.6) is 0 Å². The molecule has 2 atom stereocenters. The molecular formula is C9H12BrNOS. The van der Waals surface area contributed by atoms with Crippen LogP contribution in [0.25, 0.3) is 0 Å². The topological polar surface area (TPSA) is 39.2 Å². The van der Waals surface area contributed by atoms with Crippen LogP contribution < -0.4 is 5.73 Å². The van der Waals surface area contributed by atoms with Gasteiger partial charge in [0.15, 0.2) is 0 Å². The third-order valence-electron chi connectivity index (χ3n) is 2.42. The molecule has 2 unspecified atom stereocenters. The predicted molar refractivity (Wildman–Crippen MR) is 58.8 cm³/mol. The minimum Gasteiger partial charge on any atom is -0.466 e. The Morgan fingerprint density at radius 2 is 2.54 bits per heavy atom. The molecule has 0 bridgehead atoms. The van der Waals surface area contributed by atoms with E-state index in [1.807, 2.05) is 17.8 Å². The van der Waals surface area contributed by atoms with Gasteiger partial charge in [-0.3, -0.25) is 0 Å². The third-order valence-corrected chi connectivity index (χ3v) is 4.26. The van der Waals surface area contributed by atoms with Crippen LogP contribution in [0, 0.1) is 5.92 Å². The van der Waals surface area contributed by atoms with Gasteiger partial charge < -0.3 is 10.2 Å². The molecule has 2 heterocycles. The van der Waals surface area contributed by atoms with Crippen molar-refractivity contribution in [3.8, 4) is 0 Å². The zero-order valence-corrected chi connectivity index (χ0v) is 9.61. The molecule has 1 saturated heterocycles. The van der Waals surface area contributed by atoms with Crippen LogP contribution in [0.3, 0.4) is 0 Å². The molecule has 0 saturated carbocycles. The maximum Gasteiger partial charge on any atom is 0.134 e. The highest BCUT2D eigenvalue weighted by Crippen LogP contribution is 2.35. The summed E-state index contributed by atoms with van der Waals surface area (Å²) in [6, 6.07) is 1.96. The highest BCUT2D eigenvalue weighted by Gasteiger charge is 2.26. The zero-order chi connectivity index (χ0) is 9.26. The largest absolute Gasteiger partial charge is 0.466 e. The third kappa shape index (κ3) is 1.95. The average Bonchev–Trinajstić information content (AvgIpc) is 2.72. The second-order valence-corrected chi connectivity index (χ2v) is 5.29. The summed E-state index contributed by atoms with van der Waals surface area (Å²) in [7, 11) is 0. The Balaban J connectivity index is 2.12. The second-order valence-electron chi connectivity index (χ2n) is 3.28. The van der Waals surface area contributed by atoms with Crippen LogP contribution in [-0.4, -0.2) is 11.5 Å². The summed E-state index contributed by atoms with van der Waals surface area (Å²) in [6.07, 6.45) is 2.89. The molecule has 1 aliphatic rings. The minimum atomic E-state index is 0.0550. The Bertz CT molecular complexity index is 283. The molecule has 0 aromatic carbocycles. The number of furan rings is 1. The van der Waals surface area contributed by atoms with E-state index in [1.54, 1.807) is 6.26 Å². The van der Waals surface area contributed by atoms with Gasteiger partial charge in [-0.05, 0) is 45.8 Å². The van der Waals surface area contributed by atoms with Gasteiger partial charge in [0.1, 0.15) is 5.76 Å². The molecule has 72 valence electrons. The molecule has 0 aliphatic carbocycles. The van der Waals surface area contributed by atoms with Crippen LogP contribution >= 0.6 is 27.7 Å². The molecule has 1 fully saturated rings. The molecule has 13 heavy (non-hydrogen) atoms. The molecule has 2 nitrogen and oxygen atoms in total. The molecular weight excluding hydrogens is 250 g/mol. The van der Waals surface area contributed by atoms with Crippen LogP contribution in [0.2, 0.25) is 0 Å². The van der Waals surface area contributed by atoms with E-state index in [4.69, 9.17) is 10.2 Å². The van der Waals surface area contributed by atoms with Crippen molar-refractivity contribution in [3.63, 3.8) is 0 Å². The Morgan fingerprint density at radius 1 is 1.69 bits per heavy atom. The lowest BCUT2D eigenvalue weighted by atomic mass is 9.98. The average molecular weight is 262 g/mol. The molecule has 4 heteroatoms. The first kappa shape index (κ1) is 9.62. The van der Waals surface area contributed by atoms with Crippen LogP contribution in [0.4, 0.5) is 0 Å². The molecule has 0 amide bonds. The molecule has 0 radical (unpaired) electrons. The fourth-order valence-electron chi connectivity index (χ4n) is 1.59. The van der Waals surface area contributed by atoms with Gasteiger partial charge in [-0.25, -0.2) is 0 Å². The maximum absolute atomic E-state index is 6.11. The first-order chi connectivity index (χ1) is 6.29. The molecule has 1 aliphatic heterocycles. The SMILES string of the molecule is NC(c1occc1Br)C1CCSC1. The van der Waals surface area contributed by atoms with Crippen molar-refractivity contribution in [2.75, 3.05) is 11.5 Å². The summed E-state index contributed by atoms with van der Waals surface area (Å²) in [5, 5.41) is 0. The molecule has 1 aromatic rings. The summed E-state index contributed by atoms with van der Waals surface area (Å²) in [4.78, 5) is 0. The Labute approximate surface area is 90.4 Å². The van der Waals surface area contributed by atoms with Crippen LogP contribution in [0.1, 0.15) is 18.2 Å². The number of nitrogens with two attached hydrogens (primary N) is 1. The van der Waals surface area contributed by atoms with Gasteiger partial charge in [-0.2, -0.15) is 11.8 Å². The Morgan fingerprint density at radius 3 is 3.08 bits per heavy atom. The standard InChI is InChI=1S/C9H12BrNOS/c10-7-1-3-12-9(7)8(11)6-2-4-13-5-6/h1,3,6,8H,2,4-5,11H2. The van der Waals surface area contributed by atoms with E-state index in [9.17, 15) is 0 Å². The first-order valence-corrected chi connectivity index (χ1v) is 6.30. The van der Waals surface area contributed by atoms with E-state index in [0.29, 0.717) is 5.92 Å². The van der Waals surface area contributed by atoms with Gasteiger partial charge >= 0.3 is 0 Å². The highest BCUT2D eigenvalue weighted by molar-refractivity contribution is 9.10. The smallest absolute Gasteiger partial charge is 0.134 e. The predicted octanol–water partition coefficient (Wildman–Crippen LogP) is 2.80. The van der Waals surface area contributed by atoms with Crippen LogP contribution in [0.15, 0.2) is 21.2 Å². The minimum absolute atomic E-state index is 0.0550. The monoisotopic (exact) mass is 261 g/mol.